The van der Waals surface area contributed by atoms with Gasteiger partial charge in [-0.2, -0.15) is 0 Å². The summed E-state index contributed by atoms with van der Waals surface area (Å²) in [6.45, 7) is 5.72. The molecule has 4 nitrogen and oxygen atoms in total. The molecule has 1 aromatic carbocycles. The molecular weight excluding hydrogens is 276 g/mol. The van der Waals surface area contributed by atoms with Crippen LogP contribution in [-0.2, 0) is 16.9 Å². The molecule has 0 radical (unpaired) electrons. The molecule has 0 unspecified atom stereocenters. The number of carbonyl (C=O) groups excluding carboxylic acids is 1. The average Bonchev–Trinajstić information content (AvgIpc) is 2.71. The van der Waals surface area contributed by atoms with Crippen molar-refractivity contribution in [2.45, 2.75) is 32.9 Å². The third-order valence-electron chi connectivity index (χ3n) is 3.73. The highest BCUT2D eigenvalue weighted by Gasteiger charge is 2.35. The summed E-state index contributed by atoms with van der Waals surface area (Å²) in [5.41, 5.74) is 1.22. The maximum atomic E-state index is 13.4. The molecule has 0 fully saturated rings. The largest absolute Gasteiger partial charge is 0.342 e. The number of benzene rings is 1. The van der Waals surface area contributed by atoms with Crippen molar-refractivity contribution < 1.29 is 13.6 Å². The highest BCUT2D eigenvalue weighted by atomic mass is 19.2. The Morgan fingerprint density at radius 1 is 1.29 bits per heavy atom. The Morgan fingerprint density at radius 3 is 2.67 bits per heavy atom. The van der Waals surface area contributed by atoms with Crippen LogP contribution in [0.1, 0.15) is 25.4 Å². The minimum atomic E-state index is -0.911. The number of hydrogen-bond acceptors (Lipinski definition) is 2. The molecule has 1 amide bonds. The zero-order valence-corrected chi connectivity index (χ0v) is 12.0. The average molecular weight is 291 g/mol. The van der Waals surface area contributed by atoms with Crippen LogP contribution in [-0.4, -0.2) is 15.5 Å². The summed E-state index contributed by atoms with van der Waals surface area (Å²) in [6.07, 6.45) is 0. The van der Waals surface area contributed by atoms with E-state index >= 15 is 0 Å². The number of aromatic nitrogens is 2. The normalized spacial score (nSPS) is 16.5. The zero-order valence-electron chi connectivity index (χ0n) is 12.0. The van der Waals surface area contributed by atoms with Crippen molar-refractivity contribution in [1.82, 2.24) is 14.9 Å². The van der Waals surface area contributed by atoms with E-state index in [0.717, 1.165) is 17.8 Å². The van der Waals surface area contributed by atoms with Gasteiger partial charge in [0.15, 0.2) is 11.6 Å². The molecule has 1 aliphatic heterocycles. The smallest absolute Gasteiger partial charge is 0.240 e. The topological polar surface area (TPSA) is 46.9 Å². The number of hydrogen-bond donors (Lipinski definition) is 1. The van der Waals surface area contributed by atoms with E-state index in [2.05, 4.69) is 10.3 Å². The van der Waals surface area contributed by atoms with Crippen LogP contribution in [0.3, 0.4) is 0 Å². The third kappa shape index (κ3) is 2.11. The summed E-state index contributed by atoms with van der Waals surface area (Å²) in [5, 5.41) is 2.87. The lowest BCUT2D eigenvalue weighted by molar-refractivity contribution is -0.124. The maximum Gasteiger partial charge on any atom is 0.240 e. The van der Waals surface area contributed by atoms with Crippen LogP contribution >= 0.6 is 0 Å². The van der Waals surface area contributed by atoms with Gasteiger partial charge in [0.25, 0.3) is 0 Å². The molecule has 2 aromatic rings. The monoisotopic (exact) mass is 291 g/mol. The van der Waals surface area contributed by atoms with E-state index in [0.29, 0.717) is 17.1 Å². The Kier molecular flexibility index (Phi) is 2.86. The van der Waals surface area contributed by atoms with Crippen LogP contribution < -0.4 is 5.32 Å². The molecule has 0 aliphatic carbocycles. The lowest BCUT2D eigenvalue weighted by atomic mass is 10.0. The molecular formula is C15H15F2N3O. The molecule has 0 saturated carbocycles. The number of rotatable bonds is 1. The number of imidazole rings is 1. The van der Waals surface area contributed by atoms with Crippen molar-refractivity contribution in [2.75, 3.05) is 0 Å². The van der Waals surface area contributed by atoms with Crippen LogP contribution in [0.5, 0.6) is 0 Å². The number of nitrogens with one attached hydrogen (secondary N) is 1. The van der Waals surface area contributed by atoms with Crippen molar-refractivity contribution in [3.8, 4) is 11.3 Å². The third-order valence-corrected chi connectivity index (χ3v) is 3.73. The van der Waals surface area contributed by atoms with E-state index in [1.807, 2.05) is 25.3 Å². The van der Waals surface area contributed by atoms with Crippen molar-refractivity contribution in [1.29, 1.82) is 0 Å². The quantitative estimate of drug-likeness (QED) is 0.877. The minimum Gasteiger partial charge on any atom is -0.342 e. The number of nitrogens with zero attached hydrogens (tertiary/aromatic N) is 2. The van der Waals surface area contributed by atoms with Crippen molar-refractivity contribution in [2.24, 2.45) is 0 Å². The van der Waals surface area contributed by atoms with E-state index in [9.17, 15) is 13.6 Å². The van der Waals surface area contributed by atoms with Crippen LogP contribution in [0.4, 0.5) is 8.78 Å². The van der Waals surface area contributed by atoms with Gasteiger partial charge < -0.3 is 9.88 Å². The summed E-state index contributed by atoms with van der Waals surface area (Å²) >= 11 is 0. The lowest BCUT2D eigenvalue weighted by Crippen LogP contribution is -2.49. The fraction of sp³-hybridized carbons (Fsp3) is 0.333. The second-order valence-electron chi connectivity index (χ2n) is 5.76. The predicted molar refractivity (Wildman–Crippen MR) is 73.5 cm³/mol. The fourth-order valence-electron chi connectivity index (χ4n) is 2.71. The molecule has 21 heavy (non-hydrogen) atoms. The fourth-order valence-corrected chi connectivity index (χ4v) is 2.71. The first-order chi connectivity index (χ1) is 9.79. The van der Waals surface area contributed by atoms with Crippen LogP contribution in [0.15, 0.2) is 18.2 Å². The number of carbonyl (C=O) groups is 1. The first-order valence-corrected chi connectivity index (χ1v) is 6.63. The zero-order chi connectivity index (χ0) is 15.4. The Balaban J connectivity index is 2.18. The molecule has 1 N–H and O–H groups in total. The summed E-state index contributed by atoms with van der Waals surface area (Å²) in [5.74, 6) is -1.19. The standard InChI is InChI=1S/C15H15F2N3O/c1-8-13(9-4-5-10(16)11(17)6-9)18-14-15(2,3)19-12(21)7-20(8)14/h4-6H,7H2,1-3H3,(H,19,21). The van der Waals surface area contributed by atoms with Gasteiger partial charge in [-0.15, -0.1) is 0 Å². The van der Waals surface area contributed by atoms with E-state index in [4.69, 9.17) is 0 Å². The molecule has 1 aliphatic rings. The predicted octanol–water partition coefficient (Wildman–Crippen LogP) is 2.50. The highest BCUT2D eigenvalue weighted by Crippen LogP contribution is 2.31. The minimum absolute atomic E-state index is 0.0927. The van der Waals surface area contributed by atoms with E-state index in [-0.39, 0.29) is 12.5 Å². The Morgan fingerprint density at radius 2 is 2.00 bits per heavy atom. The van der Waals surface area contributed by atoms with Gasteiger partial charge in [0.05, 0.1) is 11.2 Å². The summed E-state index contributed by atoms with van der Waals surface area (Å²) in [7, 11) is 0. The number of fused-ring (bicyclic) bond motifs is 1. The van der Waals surface area contributed by atoms with Crippen LogP contribution in [0.2, 0.25) is 0 Å². The van der Waals surface area contributed by atoms with Crippen molar-refractivity contribution >= 4 is 5.91 Å². The molecule has 6 heteroatoms. The van der Waals surface area contributed by atoms with E-state index in [1.165, 1.54) is 6.07 Å². The Labute approximate surface area is 120 Å². The number of amides is 1. The summed E-state index contributed by atoms with van der Waals surface area (Å²) in [4.78, 5) is 16.3. The Bertz CT molecular complexity index is 750. The molecule has 0 atom stereocenters. The second kappa shape index (κ2) is 4.38. The summed E-state index contributed by atoms with van der Waals surface area (Å²) < 4.78 is 28.3. The van der Waals surface area contributed by atoms with E-state index in [1.54, 1.807) is 0 Å². The van der Waals surface area contributed by atoms with Crippen LogP contribution in [0, 0.1) is 18.6 Å². The molecule has 110 valence electrons. The first-order valence-electron chi connectivity index (χ1n) is 6.63. The molecule has 0 bridgehead atoms. The lowest BCUT2D eigenvalue weighted by Gasteiger charge is -2.31. The molecule has 3 rings (SSSR count). The number of halogens is 2. The molecule has 1 aromatic heterocycles. The highest BCUT2D eigenvalue weighted by molar-refractivity contribution is 5.79. The van der Waals surface area contributed by atoms with Gasteiger partial charge in [-0.25, -0.2) is 13.8 Å². The van der Waals surface area contributed by atoms with Crippen molar-refractivity contribution in [3.05, 3.63) is 41.4 Å². The van der Waals surface area contributed by atoms with Crippen molar-refractivity contribution in [3.63, 3.8) is 0 Å². The SMILES string of the molecule is Cc1c(-c2ccc(F)c(F)c2)nc2n1CC(=O)NC2(C)C. The Hall–Kier alpha value is -2.24. The second-order valence-corrected chi connectivity index (χ2v) is 5.76. The molecule has 2 heterocycles. The van der Waals surface area contributed by atoms with Gasteiger partial charge in [0, 0.05) is 11.3 Å². The van der Waals surface area contributed by atoms with Gasteiger partial charge in [-0.05, 0) is 39.0 Å². The molecule has 0 spiro atoms. The van der Waals surface area contributed by atoms with Gasteiger partial charge >= 0.3 is 0 Å². The molecule has 0 saturated heterocycles. The van der Waals surface area contributed by atoms with E-state index < -0.39 is 17.2 Å². The maximum absolute atomic E-state index is 13.4. The first kappa shape index (κ1) is 13.7. The summed E-state index contributed by atoms with van der Waals surface area (Å²) in [6, 6.07) is 3.69. The van der Waals surface area contributed by atoms with Gasteiger partial charge in [-0.3, -0.25) is 4.79 Å². The van der Waals surface area contributed by atoms with Gasteiger partial charge in [-0.1, -0.05) is 0 Å². The van der Waals surface area contributed by atoms with Gasteiger partial charge in [0.2, 0.25) is 5.91 Å². The van der Waals surface area contributed by atoms with Gasteiger partial charge in [0.1, 0.15) is 12.4 Å². The van der Waals surface area contributed by atoms with Crippen LogP contribution in [0.25, 0.3) is 11.3 Å².